The Morgan fingerprint density at radius 1 is 1.53 bits per heavy atom. The molecule has 1 aromatic rings. The molecule has 6 heteroatoms. The predicted octanol–water partition coefficient (Wildman–Crippen LogP) is 1.33. The van der Waals surface area contributed by atoms with Gasteiger partial charge in [-0.2, -0.15) is 0 Å². The summed E-state index contributed by atoms with van der Waals surface area (Å²) < 4.78 is 12.9. The van der Waals surface area contributed by atoms with Crippen molar-refractivity contribution in [2.75, 3.05) is 6.54 Å². The van der Waals surface area contributed by atoms with E-state index >= 15 is 0 Å². The van der Waals surface area contributed by atoms with E-state index in [1.165, 1.54) is 0 Å². The molecule has 0 aliphatic rings. The van der Waals surface area contributed by atoms with Gasteiger partial charge in [-0.05, 0) is 31.0 Å². The van der Waals surface area contributed by atoms with E-state index in [-0.39, 0.29) is 11.3 Å². The minimum atomic E-state index is -0.573. The van der Waals surface area contributed by atoms with Crippen LogP contribution in [-0.2, 0) is 0 Å². The average Bonchev–Trinajstić information content (AvgIpc) is 2.27. The zero-order valence-corrected chi connectivity index (χ0v) is 9.89. The second-order valence-corrected chi connectivity index (χ2v) is 4.01. The van der Waals surface area contributed by atoms with Gasteiger partial charge in [-0.25, -0.2) is 4.39 Å². The summed E-state index contributed by atoms with van der Waals surface area (Å²) >= 11 is 4.68. The summed E-state index contributed by atoms with van der Waals surface area (Å²) in [6.45, 7) is 0.367. The van der Waals surface area contributed by atoms with Gasteiger partial charge in [0.1, 0.15) is 11.6 Å². The minimum Gasteiger partial charge on any atom is -0.507 e. The number of rotatable bonds is 5. The summed E-state index contributed by atoms with van der Waals surface area (Å²) in [6.07, 6.45) is 1.14. The number of nitrogens with two attached hydrogens (primary N) is 1. The van der Waals surface area contributed by atoms with Gasteiger partial charge in [0.25, 0.3) is 5.91 Å². The van der Waals surface area contributed by atoms with E-state index < -0.39 is 11.7 Å². The highest BCUT2D eigenvalue weighted by Gasteiger charge is 2.11. The molecule has 0 saturated carbocycles. The van der Waals surface area contributed by atoms with Crippen molar-refractivity contribution in [2.45, 2.75) is 12.8 Å². The number of hydrogen-bond acceptors (Lipinski definition) is 3. The lowest BCUT2D eigenvalue weighted by atomic mass is 10.2. The molecule has 1 amide bonds. The van der Waals surface area contributed by atoms with Gasteiger partial charge in [-0.1, -0.05) is 12.2 Å². The monoisotopic (exact) mass is 256 g/mol. The maximum absolute atomic E-state index is 12.9. The van der Waals surface area contributed by atoms with Crippen LogP contribution in [0.1, 0.15) is 23.2 Å². The second kappa shape index (κ2) is 6.15. The first-order valence-electron chi connectivity index (χ1n) is 5.05. The number of hydrogen-bond donors (Lipinski definition) is 3. The number of carbonyl (C=O) groups excluding carboxylic acids is 1. The number of phenols is 1. The first kappa shape index (κ1) is 13.4. The van der Waals surface area contributed by atoms with E-state index in [4.69, 9.17) is 5.73 Å². The van der Waals surface area contributed by atoms with Crippen LogP contribution in [0.15, 0.2) is 18.2 Å². The van der Waals surface area contributed by atoms with Crippen LogP contribution in [-0.4, -0.2) is 22.5 Å². The van der Waals surface area contributed by atoms with Crippen LogP contribution in [0.25, 0.3) is 0 Å². The molecule has 0 spiro atoms. The molecule has 1 aromatic carbocycles. The Kier molecular flexibility index (Phi) is 4.84. The summed E-state index contributed by atoms with van der Waals surface area (Å²) in [5.41, 5.74) is 5.21. The highest BCUT2D eigenvalue weighted by Crippen LogP contribution is 2.17. The minimum absolute atomic E-state index is 0.0830. The van der Waals surface area contributed by atoms with E-state index in [1.807, 2.05) is 0 Å². The molecule has 0 saturated heterocycles. The number of phenolic OH excluding ortho intramolecular Hbond substituents is 1. The Labute approximate surface area is 104 Å². The number of carbonyl (C=O) groups is 1. The molecule has 0 aliphatic heterocycles. The van der Waals surface area contributed by atoms with Crippen molar-refractivity contribution in [3.63, 3.8) is 0 Å². The number of amides is 1. The standard InChI is InChI=1S/C11H13FN2O2S/c12-7-3-4-9(15)8(6-7)11(16)14-5-1-2-10(13)17/h3-4,6,15H,1-2,5H2,(H2,13,17)(H,14,16). The maximum Gasteiger partial charge on any atom is 0.255 e. The van der Waals surface area contributed by atoms with Gasteiger partial charge in [-0.15, -0.1) is 0 Å². The van der Waals surface area contributed by atoms with Gasteiger partial charge in [0, 0.05) is 6.54 Å². The third-order valence-electron chi connectivity index (χ3n) is 2.09. The zero-order chi connectivity index (χ0) is 12.8. The predicted molar refractivity (Wildman–Crippen MR) is 66.4 cm³/mol. The lowest BCUT2D eigenvalue weighted by Gasteiger charge is -2.06. The Morgan fingerprint density at radius 2 is 2.24 bits per heavy atom. The van der Waals surface area contributed by atoms with E-state index in [0.29, 0.717) is 24.4 Å². The van der Waals surface area contributed by atoms with Crippen molar-refractivity contribution in [1.82, 2.24) is 5.32 Å². The van der Waals surface area contributed by atoms with Crippen molar-refractivity contribution in [2.24, 2.45) is 5.73 Å². The van der Waals surface area contributed by atoms with Crippen LogP contribution in [0.2, 0.25) is 0 Å². The molecule has 0 heterocycles. The van der Waals surface area contributed by atoms with Crippen molar-refractivity contribution >= 4 is 23.1 Å². The summed E-state index contributed by atoms with van der Waals surface area (Å²) in [6, 6.07) is 3.20. The number of aromatic hydroxyl groups is 1. The number of thiocarbonyl (C=S) groups is 1. The van der Waals surface area contributed by atoms with Crippen LogP contribution in [0, 0.1) is 5.82 Å². The molecule has 0 radical (unpaired) electrons. The van der Waals surface area contributed by atoms with Crippen molar-refractivity contribution in [3.8, 4) is 5.75 Å². The van der Waals surface area contributed by atoms with Crippen molar-refractivity contribution in [1.29, 1.82) is 0 Å². The Hall–Kier alpha value is -1.69. The Bertz CT molecular complexity index is 437. The summed E-state index contributed by atoms with van der Waals surface area (Å²) in [4.78, 5) is 11.9. The maximum atomic E-state index is 12.9. The van der Waals surface area contributed by atoms with Crippen LogP contribution in [0.5, 0.6) is 5.75 Å². The summed E-state index contributed by atoms with van der Waals surface area (Å²) in [7, 11) is 0. The van der Waals surface area contributed by atoms with E-state index in [2.05, 4.69) is 17.5 Å². The van der Waals surface area contributed by atoms with Crippen molar-refractivity contribution in [3.05, 3.63) is 29.6 Å². The van der Waals surface area contributed by atoms with Gasteiger partial charge in [0.05, 0.1) is 10.6 Å². The van der Waals surface area contributed by atoms with Crippen LogP contribution >= 0.6 is 12.2 Å². The van der Waals surface area contributed by atoms with Gasteiger partial charge in [-0.3, -0.25) is 4.79 Å². The molecule has 0 fully saturated rings. The smallest absolute Gasteiger partial charge is 0.255 e. The SMILES string of the molecule is NC(=S)CCCNC(=O)c1cc(F)ccc1O. The molecule has 4 N–H and O–H groups in total. The fourth-order valence-electron chi connectivity index (χ4n) is 1.25. The number of nitrogens with one attached hydrogen (secondary N) is 1. The topological polar surface area (TPSA) is 75.3 Å². The molecule has 17 heavy (non-hydrogen) atoms. The van der Waals surface area contributed by atoms with Gasteiger partial charge in [0.2, 0.25) is 0 Å². The fraction of sp³-hybridized carbons (Fsp3) is 0.273. The normalized spacial score (nSPS) is 9.94. The Balaban J connectivity index is 2.52. The quantitative estimate of drug-likeness (QED) is 0.549. The first-order chi connectivity index (χ1) is 8.00. The molecular weight excluding hydrogens is 243 g/mol. The molecule has 0 unspecified atom stereocenters. The molecule has 0 atom stereocenters. The van der Waals surface area contributed by atoms with E-state index in [9.17, 15) is 14.3 Å². The first-order valence-corrected chi connectivity index (χ1v) is 5.46. The highest BCUT2D eigenvalue weighted by molar-refractivity contribution is 7.80. The molecule has 0 aliphatic carbocycles. The van der Waals surface area contributed by atoms with Gasteiger partial charge >= 0.3 is 0 Å². The van der Waals surface area contributed by atoms with Crippen molar-refractivity contribution < 1.29 is 14.3 Å². The highest BCUT2D eigenvalue weighted by atomic mass is 32.1. The van der Waals surface area contributed by atoms with E-state index in [0.717, 1.165) is 18.2 Å². The summed E-state index contributed by atoms with van der Waals surface area (Å²) in [5, 5.41) is 11.9. The fourth-order valence-corrected chi connectivity index (χ4v) is 1.39. The zero-order valence-electron chi connectivity index (χ0n) is 9.07. The molecule has 0 bridgehead atoms. The molecule has 4 nitrogen and oxygen atoms in total. The molecular formula is C11H13FN2O2S. The largest absolute Gasteiger partial charge is 0.507 e. The lowest BCUT2D eigenvalue weighted by Crippen LogP contribution is -2.25. The summed E-state index contributed by atoms with van der Waals surface area (Å²) in [5.74, 6) is -1.35. The lowest BCUT2D eigenvalue weighted by molar-refractivity contribution is 0.0950. The third kappa shape index (κ3) is 4.36. The van der Waals surface area contributed by atoms with Crippen LogP contribution in [0.3, 0.4) is 0 Å². The average molecular weight is 256 g/mol. The number of halogens is 1. The van der Waals surface area contributed by atoms with Gasteiger partial charge < -0.3 is 16.2 Å². The van der Waals surface area contributed by atoms with Crippen LogP contribution < -0.4 is 11.1 Å². The van der Waals surface area contributed by atoms with E-state index in [1.54, 1.807) is 0 Å². The van der Waals surface area contributed by atoms with Crippen LogP contribution in [0.4, 0.5) is 4.39 Å². The Morgan fingerprint density at radius 3 is 2.88 bits per heavy atom. The van der Waals surface area contributed by atoms with Gasteiger partial charge in [0.15, 0.2) is 0 Å². The molecule has 0 aromatic heterocycles. The number of benzene rings is 1. The second-order valence-electron chi connectivity index (χ2n) is 3.49. The third-order valence-corrected chi connectivity index (χ3v) is 2.29. The molecule has 1 rings (SSSR count). The molecule has 92 valence electrons.